The van der Waals surface area contributed by atoms with Crippen LogP contribution in [0.3, 0.4) is 0 Å². The van der Waals surface area contributed by atoms with Gasteiger partial charge in [0.2, 0.25) is 0 Å². The van der Waals surface area contributed by atoms with Crippen molar-refractivity contribution in [3.8, 4) is 0 Å². The van der Waals surface area contributed by atoms with Gasteiger partial charge in [-0.2, -0.15) is 0 Å². The molecule has 0 radical (unpaired) electrons. The first-order valence-electron chi connectivity index (χ1n) is 6.25. The summed E-state index contributed by atoms with van der Waals surface area (Å²) in [5, 5.41) is 9.27. The molecule has 1 aliphatic rings. The van der Waals surface area contributed by atoms with Crippen LogP contribution in [0.5, 0.6) is 0 Å². The van der Waals surface area contributed by atoms with Crippen LogP contribution in [-0.4, -0.2) is 47.3 Å². The molecule has 0 aliphatic carbocycles. The van der Waals surface area contributed by atoms with Gasteiger partial charge in [-0.3, -0.25) is 4.79 Å². The molecule has 1 fully saturated rings. The molecule has 0 aromatic heterocycles. The summed E-state index contributed by atoms with van der Waals surface area (Å²) >= 11 is 2.21. The molecule has 1 unspecified atom stereocenters. The summed E-state index contributed by atoms with van der Waals surface area (Å²) in [4.78, 5) is 14.2. The number of amides is 1. The zero-order chi connectivity index (χ0) is 14.0. The summed E-state index contributed by atoms with van der Waals surface area (Å²) in [6.07, 6.45) is -0.309. The van der Waals surface area contributed by atoms with Crippen LogP contribution >= 0.6 is 22.6 Å². The number of carbonyl (C=O) groups excluding carboxylic acids is 1. The third kappa shape index (κ3) is 3.67. The van der Waals surface area contributed by atoms with Crippen LogP contribution in [0.2, 0.25) is 0 Å². The second-order valence-electron chi connectivity index (χ2n) is 5.37. The first-order chi connectivity index (χ1) is 8.91. The van der Waals surface area contributed by atoms with Gasteiger partial charge >= 0.3 is 0 Å². The minimum absolute atomic E-state index is 0.00812. The molecule has 1 amide bonds. The van der Waals surface area contributed by atoms with Crippen molar-refractivity contribution < 1.29 is 14.6 Å². The fraction of sp³-hybridized carbons (Fsp3) is 0.500. The lowest BCUT2D eigenvalue weighted by molar-refractivity contribution is -0.139. The molecule has 1 aromatic carbocycles. The lowest BCUT2D eigenvalue weighted by Gasteiger charge is -2.42. The van der Waals surface area contributed by atoms with E-state index >= 15 is 0 Å². The number of hydrogen-bond donors (Lipinski definition) is 1. The van der Waals surface area contributed by atoms with Gasteiger partial charge in [0.05, 0.1) is 18.3 Å². The van der Waals surface area contributed by atoms with Crippen LogP contribution in [0, 0.1) is 3.57 Å². The highest BCUT2D eigenvalue weighted by molar-refractivity contribution is 14.1. The van der Waals surface area contributed by atoms with Crippen molar-refractivity contribution in [1.29, 1.82) is 0 Å². The Bertz CT molecular complexity index is 458. The van der Waals surface area contributed by atoms with E-state index in [2.05, 4.69) is 22.6 Å². The molecule has 1 atom stereocenters. The number of morpholine rings is 1. The molecule has 0 spiro atoms. The third-order valence-electron chi connectivity index (χ3n) is 3.06. The Balaban J connectivity index is 2.16. The number of ether oxygens (including phenoxy) is 1. The molecule has 2 rings (SSSR count). The number of nitrogens with zero attached hydrogens (tertiary/aromatic N) is 1. The van der Waals surface area contributed by atoms with Crippen LogP contribution in [0.4, 0.5) is 0 Å². The van der Waals surface area contributed by atoms with Gasteiger partial charge in [-0.1, -0.05) is 0 Å². The number of benzene rings is 1. The fourth-order valence-corrected chi connectivity index (χ4v) is 2.68. The highest BCUT2D eigenvalue weighted by atomic mass is 127. The highest BCUT2D eigenvalue weighted by Gasteiger charge is 2.35. The lowest BCUT2D eigenvalue weighted by atomic mass is 10.0. The minimum atomic E-state index is -0.426. The Kier molecular flexibility index (Phi) is 4.47. The third-order valence-corrected chi connectivity index (χ3v) is 3.78. The first-order valence-corrected chi connectivity index (χ1v) is 7.33. The Morgan fingerprint density at radius 1 is 1.47 bits per heavy atom. The summed E-state index contributed by atoms with van der Waals surface area (Å²) < 4.78 is 6.81. The van der Waals surface area contributed by atoms with E-state index in [1.165, 1.54) is 0 Å². The molecule has 104 valence electrons. The topological polar surface area (TPSA) is 49.8 Å². The maximum absolute atomic E-state index is 12.4. The molecular formula is C14H18INO3. The molecule has 5 heteroatoms. The van der Waals surface area contributed by atoms with E-state index < -0.39 is 5.60 Å². The highest BCUT2D eigenvalue weighted by Crippen LogP contribution is 2.22. The number of rotatable bonds is 2. The van der Waals surface area contributed by atoms with Gasteiger partial charge in [-0.25, -0.2) is 0 Å². The summed E-state index contributed by atoms with van der Waals surface area (Å²) in [5.41, 5.74) is 0.250. The van der Waals surface area contributed by atoms with E-state index in [9.17, 15) is 9.90 Å². The van der Waals surface area contributed by atoms with Crippen LogP contribution in [-0.2, 0) is 4.74 Å². The van der Waals surface area contributed by atoms with Crippen LogP contribution < -0.4 is 0 Å². The lowest BCUT2D eigenvalue weighted by Crippen LogP contribution is -2.55. The van der Waals surface area contributed by atoms with Crippen LogP contribution in [0.15, 0.2) is 24.3 Å². The Morgan fingerprint density at radius 3 is 2.68 bits per heavy atom. The van der Waals surface area contributed by atoms with E-state index in [0.29, 0.717) is 18.7 Å². The van der Waals surface area contributed by atoms with Crippen molar-refractivity contribution in [2.75, 3.05) is 19.7 Å². The van der Waals surface area contributed by atoms with Gasteiger partial charge in [0.1, 0.15) is 0 Å². The average molecular weight is 375 g/mol. The van der Waals surface area contributed by atoms with Crippen molar-refractivity contribution >= 4 is 28.5 Å². The maximum Gasteiger partial charge on any atom is 0.254 e. The zero-order valence-corrected chi connectivity index (χ0v) is 13.3. The largest absolute Gasteiger partial charge is 0.394 e. The van der Waals surface area contributed by atoms with E-state index in [1.807, 2.05) is 38.1 Å². The second-order valence-corrected chi connectivity index (χ2v) is 6.62. The summed E-state index contributed by atoms with van der Waals surface area (Å²) in [6.45, 7) is 4.77. The van der Waals surface area contributed by atoms with E-state index in [4.69, 9.17) is 4.74 Å². The number of hydrogen-bond acceptors (Lipinski definition) is 3. The van der Waals surface area contributed by atoms with Gasteiger partial charge in [0, 0.05) is 22.2 Å². The van der Waals surface area contributed by atoms with Crippen molar-refractivity contribution in [2.45, 2.75) is 25.6 Å². The molecular weight excluding hydrogens is 357 g/mol. The summed E-state index contributed by atoms with van der Waals surface area (Å²) in [6, 6.07) is 7.51. The van der Waals surface area contributed by atoms with Crippen molar-refractivity contribution in [3.05, 3.63) is 33.4 Å². The van der Waals surface area contributed by atoms with Crippen LogP contribution in [0.25, 0.3) is 0 Å². The Hall–Kier alpha value is -0.660. The van der Waals surface area contributed by atoms with Crippen molar-refractivity contribution in [3.63, 3.8) is 0 Å². The van der Waals surface area contributed by atoms with Crippen LogP contribution in [0.1, 0.15) is 24.2 Å². The molecule has 0 bridgehead atoms. The Morgan fingerprint density at radius 2 is 2.11 bits per heavy atom. The van der Waals surface area contributed by atoms with E-state index in [-0.39, 0.29) is 18.6 Å². The fourth-order valence-electron chi connectivity index (χ4n) is 2.32. The monoisotopic (exact) mass is 375 g/mol. The summed E-state index contributed by atoms with van der Waals surface area (Å²) in [5.74, 6) is -0.00812. The van der Waals surface area contributed by atoms with E-state index in [0.717, 1.165) is 3.57 Å². The molecule has 1 saturated heterocycles. The number of carbonyl (C=O) groups is 1. The standard InChI is InChI=1S/C14H18INO3/c1-14(2)9-16(7-12(8-17)19-14)13(18)10-3-5-11(15)6-4-10/h3-6,12,17H,7-9H2,1-2H3. The van der Waals surface area contributed by atoms with Gasteiger partial charge in [0.25, 0.3) is 5.91 Å². The van der Waals surface area contributed by atoms with E-state index in [1.54, 1.807) is 4.90 Å². The maximum atomic E-state index is 12.4. The van der Waals surface area contributed by atoms with Gasteiger partial charge in [-0.05, 0) is 60.7 Å². The molecule has 1 aliphatic heterocycles. The second kappa shape index (κ2) is 5.76. The van der Waals surface area contributed by atoms with Crippen molar-refractivity contribution in [1.82, 2.24) is 4.90 Å². The number of aliphatic hydroxyl groups excluding tert-OH is 1. The van der Waals surface area contributed by atoms with Crippen molar-refractivity contribution in [2.24, 2.45) is 0 Å². The molecule has 1 aromatic rings. The molecule has 19 heavy (non-hydrogen) atoms. The van der Waals surface area contributed by atoms with Gasteiger partial charge in [0.15, 0.2) is 0 Å². The first kappa shape index (κ1) is 14.7. The SMILES string of the molecule is CC1(C)CN(C(=O)c2ccc(I)cc2)CC(CO)O1. The number of aliphatic hydroxyl groups is 1. The normalized spacial score (nSPS) is 22.3. The zero-order valence-electron chi connectivity index (χ0n) is 11.1. The smallest absolute Gasteiger partial charge is 0.254 e. The molecule has 4 nitrogen and oxygen atoms in total. The Labute approximate surface area is 126 Å². The quantitative estimate of drug-likeness (QED) is 0.804. The molecule has 1 N–H and O–H groups in total. The van der Waals surface area contributed by atoms with Gasteiger partial charge in [-0.15, -0.1) is 0 Å². The minimum Gasteiger partial charge on any atom is -0.394 e. The predicted octanol–water partition coefficient (Wildman–Crippen LogP) is 1.90. The summed E-state index contributed by atoms with van der Waals surface area (Å²) in [7, 11) is 0. The number of halogens is 1. The van der Waals surface area contributed by atoms with Gasteiger partial charge < -0.3 is 14.7 Å². The average Bonchev–Trinajstić information content (AvgIpc) is 2.37. The molecule has 0 saturated carbocycles. The predicted molar refractivity (Wildman–Crippen MR) is 81.1 cm³/mol. The molecule has 1 heterocycles.